The molecule has 0 N–H and O–H groups in total. The average molecular weight is 366 g/mol. The first-order valence-corrected chi connectivity index (χ1v) is 7.10. The fourth-order valence-electron chi connectivity index (χ4n) is 2.07. The van der Waals surface area contributed by atoms with Crippen molar-refractivity contribution in [2.75, 3.05) is 0 Å². The van der Waals surface area contributed by atoms with Crippen LogP contribution in [-0.4, -0.2) is 45.3 Å². The van der Waals surface area contributed by atoms with E-state index in [1.165, 1.54) is 0 Å². The van der Waals surface area contributed by atoms with Gasteiger partial charge in [-0.25, -0.2) is 4.90 Å². The molecule has 0 fully saturated rings. The van der Waals surface area contributed by atoms with E-state index in [9.17, 15) is 0 Å². The van der Waals surface area contributed by atoms with Gasteiger partial charge in [-0.05, 0) is 0 Å². The Morgan fingerprint density at radius 1 is 0.607 bits per heavy atom. The Bertz CT molecular complexity index is 1010. The second-order valence-electron chi connectivity index (χ2n) is 4.84. The summed E-state index contributed by atoms with van der Waals surface area (Å²) in [6.07, 6.45) is 3.09. The highest BCUT2D eigenvalue weighted by molar-refractivity contribution is 6.31. The summed E-state index contributed by atoms with van der Waals surface area (Å²) in [6.45, 7) is 0. The van der Waals surface area contributed by atoms with E-state index in [1.54, 1.807) is 36.7 Å². The Balaban J connectivity index is 2.24. The first-order valence-electron chi connectivity index (χ1n) is 7.10. The monoisotopic (exact) mass is 366 g/mol. The van der Waals surface area contributed by atoms with Gasteiger partial charge >= 0.3 is 0 Å². The van der Waals surface area contributed by atoms with Gasteiger partial charge in [0.1, 0.15) is 0 Å². The molecule has 28 heavy (non-hydrogen) atoms. The van der Waals surface area contributed by atoms with Crippen LogP contribution >= 0.6 is 0 Å². The maximum absolute atomic E-state index is 9.09. The molecule has 14 heteroatoms. The van der Waals surface area contributed by atoms with E-state index in [4.69, 9.17) is 31.6 Å². The maximum Gasteiger partial charge on any atom is 0.259 e. The molecule has 0 bridgehead atoms. The number of hydrogen-bond acceptors (Lipinski definition) is 14. The van der Waals surface area contributed by atoms with Gasteiger partial charge in [-0.3, -0.25) is 0 Å². The number of aliphatic imine (C=N–C) groups is 6. The van der Waals surface area contributed by atoms with Crippen LogP contribution in [0.4, 0.5) is 0 Å². The third kappa shape index (κ3) is 2.64. The molecule has 0 aromatic carbocycles. The fourth-order valence-corrected chi connectivity index (χ4v) is 2.07. The van der Waals surface area contributed by atoms with Crippen LogP contribution < -0.4 is 0 Å². The highest BCUT2D eigenvalue weighted by Crippen LogP contribution is 2.21. The normalized spacial score (nSPS) is 16.1. The van der Waals surface area contributed by atoms with Gasteiger partial charge in [0.15, 0.2) is 23.5 Å². The largest absolute Gasteiger partial charge is 0.259 e. The predicted molar refractivity (Wildman–Crippen MR) is 88.9 cm³/mol. The van der Waals surface area contributed by atoms with E-state index in [-0.39, 0.29) is 29.5 Å². The van der Waals surface area contributed by atoms with Crippen molar-refractivity contribution < 1.29 is 0 Å². The summed E-state index contributed by atoms with van der Waals surface area (Å²) in [6, 6.07) is 6.81. The molecule has 0 aromatic heterocycles. The van der Waals surface area contributed by atoms with Crippen molar-refractivity contribution in [3.05, 3.63) is 0 Å². The molecule has 14 nitrogen and oxygen atoms in total. The van der Waals surface area contributed by atoms with Gasteiger partial charge in [0.05, 0.1) is 24.3 Å². The van der Waals surface area contributed by atoms with Crippen molar-refractivity contribution >= 4 is 35.5 Å². The maximum atomic E-state index is 9.09. The Kier molecular flexibility index (Phi) is 4.23. The van der Waals surface area contributed by atoms with Crippen molar-refractivity contribution in [1.82, 2.24) is 9.80 Å². The summed E-state index contributed by atoms with van der Waals surface area (Å²) in [7, 11) is 0. The molecule has 0 amide bonds. The molecule has 0 radical (unpaired) electrons. The lowest BCUT2D eigenvalue weighted by atomic mass is 10.1. The minimum atomic E-state index is -1.36. The van der Waals surface area contributed by atoms with Crippen molar-refractivity contribution in [3.8, 4) is 36.7 Å². The topological polar surface area (TPSA) is 223 Å². The summed E-state index contributed by atoms with van der Waals surface area (Å²) < 4.78 is 0. The van der Waals surface area contributed by atoms with E-state index in [0.29, 0.717) is 4.90 Å². The SMILES string of the molecule is N#CC(C#N)C1=NC2=NC(C(C#N)C#N)=NC3=NC(N(C#N)C#N)=NC(=N1)N23. The van der Waals surface area contributed by atoms with Crippen molar-refractivity contribution in [3.63, 3.8) is 0 Å². The van der Waals surface area contributed by atoms with Crippen molar-refractivity contribution in [2.24, 2.45) is 41.8 Å². The zero-order chi connectivity index (χ0) is 20.3. The number of guanidine groups is 4. The Morgan fingerprint density at radius 3 is 1.46 bits per heavy atom. The molecule has 0 aliphatic carbocycles. The second kappa shape index (κ2) is 6.82. The molecule has 0 spiro atoms. The quantitative estimate of drug-likeness (QED) is 0.440. The van der Waals surface area contributed by atoms with Crippen LogP contribution in [0.2, 0.25) is 0 Å². The van der Waals surface area contributed by atoms with Gasteiger partial charge in [0.2, 0.25) is 30.3 Å². The van der Waals surface area contributed by atoms with E-state index in [0.717, 1.165) is 4.90 Å². The van der Waals surface area contributed by atoms with Crippen molar-refractivity contribution in [1.29, 1.82) is 31.6 Å². The average Bonchev–Trinajstić information content (AvgIpc) is 2.70. The zero-order valence-corrected chi connectivity index (χ0v) is 13.4. The van der Waals surface area contributed by atoms with Crippen LogP contribution in [0.1, 0.15) is 0 Å². The first kappa shape index (κ1) is 17.4. The van der Waals surface area contributed by atoms with Gasteiger partial charge in [0.25, 0.3) is 5.96 Å². The summed E-state index contributed by atoms with van der Waals surface area (Å²) >= 11 is 0. The molecule has 0 atom stereocenters. The molecule has 3 heterocycles. The number of amidine groups is 2. The zero-order valence-electron chi connectivity index (χ0n) is 13.4. The fraction of sp³-hybridized carbons (Fsp3) is 0.143. The van der Waals surface area contributed by atoms with Crippen LogP contribution in [0, 0.1) is 80.1 Å². The summed E-state index contributed by atoms with van der Waals surface area (Å²) in [4.78, 5) is 25.5. The Labute approximate surface area is 156 Å². The van der Waals surface area contributed by atoms with E-state index in [1.807, 2.05) is 0 Å². The van der Waals surface area contributed by atoms with Gasteiger partial charge in [-0.15, -0.1) is 4.90 Å². The lowest BCUT2D eigenvalue weighted by Crippen LogP contribution is -2.49. The minimum Gasteiger partial charge on any atom is -0.213 e. The highest BCUT2D eigenvalue weighted by atomic mass is 15.5. The molecule has 0 saturated carbocycles. The molecular weight excluding hydrogens is 364 g/mol. The van der Waals surface area contributed by atoms with E-state index in [2.05, 4.69) is 30.0 Å². The molecule has 3 aliphatic heterocycles. The second-order valence-corrected chi connectivity index (χ2v) is 4.84. The molecule has 3 aliphatic rings. The number of rotatable bonds is 2. The van der Waals surface area contributed by atoms with Crippen LogP contribution in [-0.2, 0) is 0 Å². The van der Waals surface area contributed by atoms with Gasteiger partial charge in [-0.2, -0.15) is 61.5 Å². The van der Waals surface area contributed by atoms with Gasteiger partial charge in [0, 0.05) is 0 Å². The highest BCUT2D eigenvalue weighted by Gasteiger charge is 2.38. The van der Waals surface area contributed by atoms with E-state index >= 15 is 0 Å². The summed E-state index contributed by atoms with van der Waals surface area (Å²) in [5.74, 6) is -4.14. The predicted octanol–water partition coefficient (Wildman–Crippen LogP) is -0.859. The Hall–Kier alpha value is -5.44. The lowest BCUT2D eigenvalue weighted by molar-refractivity contribution is 0.756. The molecule has 0 unspecified atom stereocenters. The van der Waals surface area contributed by atoms with Crippen LogP contribution in [0.15, 0.2) is 30.0 Å². The smallest absolute Gasteiger partial charge is 0.213 e. The Morgan fingerprint density at radius 2 is 1.04 bits per heavy atom. The van der Waals surface area contributed by atoms with Crippen LogP contribution in [0.3, 0.4) is 0 Å². The molecule has 0 saturated heterocycles. The van der Waals surface area contributed by atoms with Crippen molar-refractivity contribution in [2.45, 2.75) is 0 Å². The van der Waals surface area contributed by atoms with Crippen LogP contribution in [0.25, 0.3) is 0 Å². The molecule has 0 aromatic rings. The standard InChI is InChI=1S/C14H2N14/c15-1-7(2-16)9-21-12-22-10(8(3-17)4-18)24-14-26-11(27(5-19)6-20)25-13(23-9)28(12)14/h7-8H. The molecule has 3 rings (SSSR count). The van der Waals surface area contributed by atoms with Crippen LogP contribution in [0.5, 0.6) is 0 Å². The number of hydrogen-bond donors (Lipinski definition) is 0. The third-order valence-electron chi connectivity index (χ3n) is 3.29. The van der Waals surface area contributed by atoms with E-state index < -0.39 is 17.8 Å². The lowest BCUT2D eigenvalue weighted by Gasteiger charge is -2.30. The van der Waals surface area contributed by atoms with Gasteiger partial charge in [-0.1, -0.05) is 0 Å². The summed E-state index contributed by atoms with van der Waals surface area (Å²) in [5, 5.41) is 54.4. The summed E-state index contributed by atoms with van der Waals surface area (Å²) in [5.41, 5.74) is 0. The molecular formula is C14H2N14. The number of nitriles is 6. The van der Waals surface area contributed by atoms with Gasteiger partial charge < -0.3 is 0 Å². The first-order chi connectivity index (χ1) is 13.6. The minimum absolute atomic E-state index is 0.169. The third-order valence-corrected chi connectivity index (χ3v) is 3.29. The number of nitrogens with zero attached hydrogens (tertiary/aromatic N) is 14. The molecule has 128 valence electrons.